The van der Waals surface area contributed by atoms with Crippen LogP contribution in [0.25, 0.3) is 67.6 Å². The zero-order valence-electron chi connectivity index (χ0n) is 77.6. The number of nitrogens with one attached hydrogen (secondary N) is 4. The van der Waals surface area contributed by atoms with Crippen molar-refractivity contribution in [2.24, 2.45) is 23.6 Å². The zero-order chi connectivity index (χ0) is 102. The molecule has 0 spiro atoms. The molecule has 16 aromatic rings. The molecular formula is C101H86Cl3F5N20O11S4. The summed E-state index contributed by atoms with van der Waals surface area (Å²) in [6.45, 7) is 4.17. The van der Waals surface area contributed by atoms with E-state index in [1.165, 1.54) is 75.1 Å². The molecule has 43 heteroatoms. The number of anilines is 4. The number of pyridine rings is 4. The number of sulfonamides is 4. The third kappa shape index (κ3) is 24.0. The molecule has 20 rings (SSSR count). The summed E-state index contributed by atoms with van der Waals surface area (Å²) in [5, 5.41) is 39.5. The van der Waals surface area contributed by atoms with Crippen LogP contribution in [-0.4, -0.2) is 141 Å². The molecule has 0 radical (unpaired) electrons. The first-order valence-electron chi connectivity index (χ1n) is 45.6. The summed E-state index contributed by atoms with van der Waals surface area (Å²) in [6, 6.07) is 35.5. The lowest BCUT2D eigenvalue weighted by Gasteiger charge is -2.26. The van der Waals surface area contributed by atoms with Crippen LogP contribution in [-0.2, 0) is 40.1 Å². The molecule has 31 nitrogen and oxygen atoms in total. The molecule has 0 bridgehead atoms. The maximum atomic E-state index is 14.2. The SMILES string of the molecule is CC1CCCC1C#Cc1cnc2ccc(-c3cnc(Cl)c(NS(=O)(=O)c4ccc(F)cc4)c3)nn12.O=S(=O)(Nc1cc(-c2ccc3ncc(C#CC4(O)CCCC4)n3n2)cnc1Cl)c1ccc(F)cc1.O=S(=O)(Nc1cc(-c2ccc3ncc(C#CC4(O)CCCCC4)n3n2)cnc1Cl)c1ccc(F)cc1.[2H]C1(C)CCCC(C#Cc2cnc3ccc(-c4cnc(OC)c(NS(=O)(=O)c5ccc(F)cc5F)c4)nn23)C1. The van der Waals surface area contributed by atoms with E-state index in [1.807, 2.05) is 13.0 Å². The lowest BCUT2D eigenvalue weighted by Crippen LogP contribution is -2.29. The molecule has 4 aromatic carbocycles. The van der Waals surface area contributed by atoms with Crippen LogP contribution >= 0.6 is 34.8 Å². The van der Waals surface area contributed by atoms with Crippen LogP contribution < -0.4 is 23.6 Å². The fraction of sp³-hybridized carbons (Fsp3) is 0.248. The van der Waals surface area contributed by atoms with Gasteiger partial charge in [0.05, 0.1) is 86.4 Å². The molecule has 0 amide bonds. The third-order valence-corrected chi connectivity index (χ3v) is 30.5. The molecular weight excluding hydrogens is 2000 g/mol. The topological polar surface area (TPSA) is 407 Å². The van der Waals surface area contributed by atoms with Gasteiger partial charge in [0.2, 0.25) is 5.88 Å². The van der Waals surface area contributed by atoms with Crippen molar-refractivity contribution in [1.29, 1.82) is 0 Å². The number of nitrogens with zero attached hydrogens (tertiary/aromatic N) is 16. The number of imidazole rings is 4. The molecule has 736 valence electrons. The van der Waals surface area contributed by atoms with Crippen LogP contribution in [0.1, 0.15) is 141 Å². The van der Waals surface area contributed by atoms with Gasteiger partial charge in [-0.25, -0.2) is 114 Å². The summed E-state index contributed by atoms with van der Waals surface area (Å²) in [4.78, 5) is 32.8. The summed E-state index contributed by atoms with van der Waals surface area (Å²) < 4.78 is 199. The Hall–Kier alpha value is -14.6. The Morgan fingerprint density at radius 3 is 1.10 bits per heavy atom. The average Bonchev–Trinajstić information content (AvgIpc) is 1.78. The standard InChI is InChI=1S/C27H25F2N5O3S.C25H21ClFN5O3S.C25H21ClFN5O2S.C24H19ClFN5O3S/c1-17-4-3-5-18(12-17)6-8-21-16-30-26-11-9-23(32-34(21)26)19-13-24(27(37-2)31-15-19)33-38(35,36)25-10-7-20(28)14-22(25)29;26-24-22(31-36(34,35)20-6-4-18(27)5-7-20)14-17(15-29-24)21-8-9-23-28-16-19(32(23)30-21)10-13-25(33)11-2-1-3-12-25;1-16-3-2-4-17(16)5-8-20-15-28-24-12-11-22(30-32(20)24)18-13-23(25(26)29-14-18)31-35(33,34)21-9-6-19(27)7-10-21;25-23-21(30-35(33,34)19-5-3-17(26)4-6-19)13-16(14-28-23)20-7-8-22-27-15-18(31(22)29-20)9-12-24(32)10-1-2-11-24/h7,9-11,13-18,33H,3-5,12H2,1-2H3;4-9,14-16,31,33H,1-3,11-12H2;6-7,9-17,31H,2-4H2,1H3;3-8,13-15,30,32H,1-2,10-11H2/i17D;;;. The number of hydrogen-bond donors (Lipinski definition) is 6. The van der Waals surface area contributed by atoms with Crippen molar-refractivity contribution < 1.29 is 71.9 Å². The van der Waals surface area contributed by atoms with Crippen molar-refractivity contribution in [2.75, 3.05) is 26.0 Å². The minimum Gasteiger partial charge on any atom is -0.480 e. The molecule has 6 N–H and O–H groups in total. The van der Waals surface area contributed by atoms with Crippen LogP contribution in [0, 0.1) is 100 Å². The smallest absolute Gasteiger partial charge is 0.264 e. The Morgan fingerprint density at radius 2 is 0.736 bits per heavy atom. The second-order valence-corrected chi connectivity index (χ2v) is 42.3. The van der Waals surface area contributed by atoms with Gasteiger partial charge in [-0.3, -0.25) is 18.9 Å². The van der Waals surface area contributed by atoms with Gasteiger partial charge in [-0.15, -0.1) is 0 Å². The highest BCUT2D eigenvalue weighted by Gasteiger charge is 2.32. The normalized spacial score (nSPS) is 17.1. The Labute approximate surface area is 840 Å². The Bertz CT molecular complexity index is 8460. The predicted molar refractivity (Wildman–Crippen MR) is 532 cm³/mol. The Kier molecular flexibility index (Phi) is 29.7. The number of halogens is 8. The summed E-state index contributed by atoms with van der Waals surface area (Å²) in [7, 11) is -15.2. The average molecular weight is 2090 g/mol. The van der Waals surface area contributed by atoms with Crippen LogP contribution in [0.15, 0.2) is 233 Å². The molecule has 4 aliphatic carbocycles. The number of methoxy groups -OCH3 is 1. The maximum Gasteiger partial charge on any atom is 0.264 e. The maximum absolute atomic E-state index is 14.2. The lowest BCUT2D eigenvalue weighted by atomic mass is 9.83. The molecule has 4 atom stereocenters. The van der Waals surface area contributed by atoms with E-state index in [0.29, 0.717) is 140 Å². The number of benzene rings is 4. The van der Waals surface area contributed by atoms with Gasteiger partial charge in [0, 0.05) is 66.3 Å². The summed E-state index contributed by atoms with van der Waals surface area (Å²) >= 11 is 18.5. The highest BCUT2D eigenvalue weighted by molar-refractivity contribution is 7.93. The van der Waals surface area contributed by atoms with Crippen LogP contribution in [0.5, 0.6) is 5.88 Å². The van der Waals surface area contributed by atoms with Gasteiger partial charge in [0.15, 0.2) is 38.0 Å². The monoisotopic (exact) mass is 2080 g/mol. The minimum absolute atomic E-state index is 0.0274. The van der Waals surface area contributed by atoms with Crippen LogP contribution in [0.3, 0.4) is 0 Å². The summed E-state index contributed by atoms with van der Waals surface area (Å²) in [5.41, 5.74) is 6.71. The molecule has 12 aromatic heterocycles. The zero-order valence-corrected chi connectivity index (χ0v) is 82.2. The van der Waals surface area contributed by atoms with Crippen molar-refractivity contribution in [1.82, 2.24) is 78.3 Å². The number of aromatic nitrogens is 16. The molecule has 4 saturated carbocycles. The second-order valence-electron chi connectivity index (χ2n) is 34.5. The quantitative estimate of drug-likeness (QED) is 0.0280. The van der Waals surface area contributed by atoms with Crippen molar-refractivity contribution in [3.05, 3.63) is 281 Å². The molecule has 0 saturated heterocycles. The van der Waals surface area contributed by atoms with Crippen LogP contribution in [0.4, 0.5) is 44.7 Å². The van der Waals surface area contributed by atoms with Gasteiger partial charge in [-0.1, -0.05) is 98.0 Å². The fourth-order valence-electron chi connectivity index (χ4n) is 16.4. The highest BCUT2D eigenvalue weighted by Crippen LogP contribution is 2.38. The van der Waals surface area contributed by atoms with Crippen molar-refractivity contribution in [3.63, 3.8) is 0 Å². The minimum atomic E-state index is -4.43. The summed E-state index contributed by atoms with van der Waals surface area (Å²) in [6.07, 6.45) is 26.9. The predicted octanol–water partition coefficient (Wildman–Crippen LogP) is 18.7. The van der Waals surface area contributed by atoms with E-state index in [-0.39, 0.29) is 64.7 Å². The third-order valence-electron chi connectivity index (χ3n) is 24.1. The van der Waals surface area contributed by atoms with E-state index in [9.17, 15) is 65.8 Å². The van der Waals surface area contributed by atoms with Gasteiger partial charge in [0.1, 0.15) is 73.6 Å². The van der Waals surface area contributed by atoms with E-state index in [1.54, 1.807) is 91.4 Å². The Morgan fingerprint density at radius 1 is 0.389 bits per heavy atom. The highest BCUT2D eigenvalue weighted by atomic mass is 35.5. The first-order valence-corrected chi connectivity index (χ1v) is 52.1. The van der Waals surface area contributed by atoms with E-state index in [4.69, 9.17) is 40.9 Å². The van der Waals surface area contributed by atoms with Gasteiger partial charge in [-0.2, -0.15) is 20.4 Å². The Balaban J connectivity index is 0.000000133. The number of ether oxygens (including phenoxy) is 1. The number of hydrogen-bond acceptors (Lipinski definition) is 23. The van der Waals surface area contributed by atoms with Crippen molar-refractivity contribution >= 4 is 120 Å². The first kappa shape index (κ1) is 99.6. The molecule has 12 heterocycles. The van der Waals surface area contributed by atoms with Gasteiger partial charge < -0.3 is 14.9 Å². The van der Waals surface area contributed by atoms with Gasteiger partial charge in [-0.05, 0) is 270 Å². The molecule has 0 aliphatic heterocycles. The molecule has 4 aliphatic rings. The number of aliphatic hydroxyl groups is 2. The van der Waals surface area contributed by atoms with Gasteiger partial charge in [0.25, 0.3) is 40.1 Å². The lowest BCUT2D eigenvalue weighted by molar-refractivity contribution is 0.0610. The second kappa shape index (κ2) is 42.9. The van der Waals surface area contributed by atoms with Crippen molar-refractivity contribution in [2.45, 2.75) is 147 Å². The van der Waals surface area contributed by atoms with Crippen molar-refractivity contribution in [3.8, 4) is 98.3 Å². The van der Waals surface area contributed by atoms with E-state index < -0.39 is 91.2 Å². The summed E-state index contributed by atoms with van der Waals surface area (Å²) in [5.74, 6) is 21.8. The van der Waals surface area contributed by atoms with Gasteiger partial charge >= 0.3 is 0 Å². The number of fused-ring (bicyclic) bond motifs is 4. The van der Waals surface area contributed by atoms with Crippen LogP contribution in [0.2, 0.25) is 15.5 Å². The fourth-order valence-corrected chi connectivity index (χ4v) is 21.3. The number of rotatable bonds is 17. The van der Waals surface area contributed by atoms with E-state index in [0.717, 1.165) is 131 Å². The molecule has 4 fully saturated rings. The molecule has 144 heavy (non-hydrogen) atoms. The first-order chi connectivity index (χ1) is 69.3. The largest absolute Gasteiger partial charge is 0.480 e. The molecule has 4 unspecified atom stereocenters. The van der Waals surface area contributed by atoms with E-state index >= 15 is 0 Å². The van der Waals surface area contributed by atoms with E-state index in [2.05, 4.69) is 133 Å².